The highest BCUT2D eigenvalue weighted by molar-refractivity contribution is 5.83. The number of nitrogens with zero attached hydrogens (tertiary/aromatic N) is 1. The molecule has 0 radical (unpaired) electrons. The normalized spacial score (nSPS) is 15.1. The lowest BCUT2D eigenvalue weighted by Gasteiger charge is -2.46. The molecule has 0 bridgehead atoms. The Morgan fingerprint density at radius 1 is 0.879 bits per heavy atom. The van der Waals surface area contributed by atoms with E-state index in [0.29, 0.717) is 6.73 Å². The van der Waals surface area contributed by atoms with Crippen LogP contribution in [0.1, 0.15) is 103 Å². The van der Waals surface area contributed by atoms with Crippen molar-refractivity contribution in [3.05, 3.63) is 0 Å². The van der Waals surface area contributed by atoms with Crippen molar-refractivity contribution >= 4 is 11.8 Å². The van der Waals surface area contributed by atoms with Crippen molar-refractivity contribution in [3.8, 4) is 0 Å². The van der Waals surface area contributed by atoms with Crippen molar-refractivity contribution in [1.82, 2.24) is 15.5 Å². The second kappa shape index (κ2) is 11.1. The van der Waals surface area contributed by atoms with Crippen LogP contribution in [0.2, 0.25) is 0 Å². The van der Waals surface area contributed by atoms with E-state index in [2.05, 4.69) is 57.2 Å². The lowest BCUT2D eigenvalue weighted by molar-refractivity contribution is -0.165. The van der Waals surface area contributed by atoms with Gasteiger partial charge in [0.15, 0.2) is 0 Å². The van der Waals surface area contributed by atoms with Gasteiger partial charge in [0.05, 0.1) is 17.7 Å². The Hall–Kier alpha value is -1.14. The Morgan fingerprint density at radius 3 is 1.79 bits per heavy atom. The molecule has 1 atom stereocenters. The zero-order valence-corrected chi connectivity index (χ0v) is 24.4. The third-order valence-electron chi connectivity index (χ3n) is 7.96. The first-order valence-electron chi connectivity index (χ1n) is 12.4. The summed E-state index contributed by atoms with van der Waals surface area (Å²) in [5.74, 6) is 0.316. The van der Waals surface area contributed by atoms with Crippen molar-refractivity contribution in [2.75, 3.05) is 20.8 Å². The summed E-state index contributed by atoms with van der Waals surface area (Å²) in [6, 6.07) is 0.141. The molecule has 33 heavy (non-hydrogen) atoms. The summed E-state index contributed by atoms with van der Waals surface area (Å²) in [5.41, 5.74) is -1.82. The second-order valence-corrected chi connectivity index (χ2v) is 13.3. The third-order valence-corrected chi connectivity index (χ3v) is 7.96. The maximum Gasteiger partial charge on any atom is 0.228 e. The Labute approximate surface area is 205 Å². The lowest BCUT2D eigenvalue weighted by atomic mass is 9.67. The van der Waals surface area contributed by atoms with Crippen LogP contribution in [0, 0.1) is 22.2 Å². The fourth-order valence-corrected chi connectivity index (χ4v) is 4.33. The van der Waals surface area contributed by atoms with Crippen LogP contribution in [-0.2, 0) is 14.3 Å². The van der Waals surface area contributed by atoms with E-state index in [-0.39, 0.29) is 34.7 Å². The summed E-state index contributed by atoms with van der Waals surface area (Å²) in [4.78, 5) is 27.3. The molecule has 0 aromatic heterocycles. The molecule has 0 saturated heterocycles. The highest BCUT2D eigenvalue weighted by atomic mass is 16.5. The van der Waals surface area contributed by atoms with Gasteiger partial charge >= 0.3 is 0 Å². The summed E-state index contributed by atoms with van der Waals surface area (Å²) in [6.07, 6.45) is 1.89. The maximum atomic E-state index is 12.8. The lowest BCUT2D eigenvalue weighted by Crippen LogP contribution is -2.54. The van der Waals surface area contributed by atoms with Crippen molar-refractivity contribution in [1.29, 1.82) is 0 Å². The number of carbonyl (C=O) groups excluding carboxylic acids is 2. The molecule has 0 aromatic carbocycles. The summed E-state index contributed by atoms with van der Waals surface area (Å²) < 4.78 is 6.30. The van der Waals surface area contributed by atoms with Gasteiger partial charge in [-0.3, -0.25) is 14.5 Å². The first kappa shape index (κ1) is 31.9. The van der Waals surface area contributed by atoms with Gasteiger partial charge in [0.25, 0.3) is 0 Å². The highest BCUT2D eigenvalue weighted by Crippen LogP contribution is 2.42. The molecule has 2 N–H and O–H groups in total. The zero-order chi connectivity index (χ0) is 26.6. The molecule has 0 rings (SSSR count). The Kier molecular flexibility index (Phi) is 10.7. The van der Waals surface area contributed by atoms with E-state index in [1.54, 1.807) is 7.05 Å². The van der Waals surface area contributed by atoms with E-state index in [1.165, 1.54) is 0 Å². The van der Waals surface area contributed by atoms with E-state index >= 15 is 0 Å². The monoisotopic (exact) mass is 469 g/mol. The molecule has 196 valence electrons. The number of amides is 2. The van der Waals surface area contributed by atoms with Crippen LogP contribution in [0.4, 0.5) is 0 Å². The topological polar surface area (TPSA) is 70.7 Å². The van der Waals surface area contributed by atoms with Crippen molar-refractivity contribution in [2.24, 2.45) is 22.2 Å². The number of nitrogens with one attached hydrogen (secondary N) is 2. The van der Waals surface area contributed by atoms with Crippen LogP contribution in [0.3, 0.4) is 0 Å². The van der Waals surface area contributed by atoms with Gasteiger partial charge in [0.1, 0.15) is 0 Å². The molecule has 0 aromatic rings. The van der Waals surface area contributed by atoms with E-state index in [9.17, 15) is 9.59 Å². The van der Waals surface area contributed by atoms with Gasteiger partial charge in [0, 0.05) is 24.0 Å². The summed E-state index contributed by atoms with van der Waals surface area (Å²) in [5, 5.41) is 5.83. The Balaban J connectivity index is 5.25. The number of ether oxygens (including phenoxy) is 1. The van der Waals surface area contributed by atoms with Crippen LogP contribution in [0.25, 0.3) is 0 Å². The van der Waals surface area contributed by atoms with Crippen LogP contribution in [0.15, 0.2) is 0 Å². The first-order valence-corrected chi connectivity index (χ1v) is 12.4. The summed E-state index contributed by atoms with van der Waals surface area (Å²) >= 11 is 0. The molecular formula is C27H55N3O3. The standard InChI is InChI=1S/C27H55N3O3/c1-19(2)29-21(31)25(8,9)20(3)16-23(4,5)17-24(6,7)30(15)18-33-27(12,13)26(10,11)22(32)28-14/h19-20H,16-18H2,1-15H3,(H,28,32)(H,29,31). The number of hydrogen-bond acceptors (Lipinski definition) is 4. The average molecular weight is 470 g/mol. The SMILES string of the molecule is CNC(=O)C(C)(C)C(C)(C)OCN(C)C(C)(C)CC(C)(C)CC(C)C(C)(C)C(=O)NC(C)C. The van der Waals surface area contributed by atoms with Crippen LogP contribution in [-0.4, -0.2) is 54.7 Å². The molecule has 0 fully saturated rings. The van der Waals surface area contributed by atoms with Gasteiger partial charge in [-0.2, -0.15) is 0 Å². The third kappa shape index (κ3) is 8.54. The van der Waals surface area contributed by atoms with E-state index in [4.69, 9.17) is 4.74 Å². The largest absolute Gasteiger partial charge is 0.359 e. The molecule has 0 saturated carbocycles. The molecule has 0 aliphatic heterocycles. The first-order chi connectivity index (χ1) is 14.5. The number of hydrogen-bond donors (Lipinski definition) is 2. The molecular weight excluding hydrogens is 414 g/mol. The van der Waals surface area contributed by atoms with E-state index in [1.807, 2.05) is 55.4 Å². The molecule has 2 amide bonds. The van der Waals surface area contributed by atoms with Crippen molar-refractivity contribution < 1.29 is 14.3 Å². The van der Waals surface area contributed by atoms with Gasteiger partial charge in [-0.05, 0) is 86.6 Å². The molecule has 0 aliphatic carbocycles. The quantitative estimate of drug-likeness (QED) is 0.363. The van der Waals surface area contributed by atoms with Crippen LogP contribution >= 0.6 is 0 Å². The fourth-order valence-electron chi connectivity index (χ4n) is 4.33. The molecule has 0 spiro atoms. The molecule has 6 heteroatoms. The zero-order valence-electron chi connectivity index (χ0n) is 24.4. The van der Waals surface area contributed by atoms with Crippen LogP contribution < -0.4 is 10.6 Å². The minimum atomic E-state index is -0.663. The summed E-state index contributed by atoms with van der Waals surface area (Å²) in [7, 11) is 3.73. The predicted molar refractivity (Wildman–Crippen MR) is 139 cm³/mol. The smallest absolute Gasteiger partial charge is 0.228 e. The minimum Gasteiger partial charge on any atom is -0.359 e. The highest BCUT2D eigenvalue weighted by Gasteiger charge is 2.45. The van der Waals surface area contributed by atoms with Gasteiger partial charge in [0.2, 0.25) is 11.8 Å². The molecule has 0 heterocycles. The molecule has 1 unspecified atom stereocenters. The van der Waals surface area contributed by atoms with Crippen molar-refractivity contribution in [3.63, 3.8) is 0 Å². The summed E-state index contributed by atoms with van der Waals surface area (Å²) in [6.45, 7) is 27.5. The van der Waals surface area contributed by atoms with Gasteiger partial charge in [-0.1, -0.05) is 34.6 Å². The fraction of sp³-hybridized carbons (Fsp3) is 0.926. The van der Waals surface area contributed by atoms with Crippen LogP contribution in [0.5, 0.6) is 0 Å². The average Bonchev–Trinajstić information content (AvgIpc) is 2.62. The Morgan fingerprint density at radius 2 is 1.36 bits per heavy atom. The predicted octanol–water partition coefficient (Wildman–Crippen LogP) is 5.22. The molecule has 0 aliphatic rings. The van der Waals surface area contributed by atoms with E-state index < -0.39 is 16.4 Å². The number of rotatable bonds is 13. The van der Waals surface area contributed by atoms with Gasteiger partial charge < -0.3 is 15.4 Å². The molecule has 6 nitrogen and oxygen atoms in total. The Bertz CT molecular complexity index is 664. The van der Waals surface area contributed by atoms with Gasteiger partial charge in [-0.15, -0.1) is 0 Å². The van der Waals surface area contributed by atoms with Gasteiger partial charge in [-0.25, -0.2) is 0 Å². The van der Waals surface area contributed by atoms with E-state index in [0.717, 1.165) is 12.8 Å². The number of carbonyl (C=O) groups is 2. The minimum absolute atomic E-state index is 0.0312. The van der Waals surface area contributed by atoms with Crippen molar-refractivity contribution in [2.45, 2.75) is 120 Å². The maximum absolute atomic E-state index is 12.8. The second-order valence-electron chi connectivity index (χ2n) is 13.3.